The maximum Gasteiger partial charge on any atom is 0.417 e. The van der Waals surface area contributed by atoms with Crippen molar-refractivity contribution in [1.82, 2.24) is 35.4 Å². The van der Waals surface area contributed by atoms with Crippen LogP contribution in [0.4, 0.5) is 40.6 Å². The van der Waals surface area contributed by atoms with Gasteiger partial charge in [-0.25, -0.2) is 15.0 Å². The molecule has 1 aliphatic carbocycles. The Morgan fingerprint density at radius 2 is 1.64 bits per heavy atom. The normalized spacial score (nSPS) is 21.5. The van der Waals surface area contributed by atoms with Crippen LogP contribution in [0, 0.1) is 23.2 Å². The fourth-order valence-electron chi connectivity index (χ4n) is 9.60. The lowest BCUT2D eigenvalue weighted by atomic mass is 9.85. The summed E-state index contributed by atoms with van der Waals surface area (Å²) in [5.74, 6) is -1.40. The monoisotopic (exact) mass is 879 g/mol. The van der Waals surface area contributed by atoms with Crippen molar-refractivity contribution in [3.8, 4) is 6.07 Å². The Morgan fingerprint density at radius 3 is 2.38 bits per heavy atom. The van der Waals surface area contributed by atoms with Crippen LogP contribution in [0.3, 0.4) is 0 Å². The average molecular weight is 880 g/mol. The molecule has 4 aliphatic heterocycles. The standard InChI is InChI=1S/C45H45F4N11O4/c46-40-34(9-11-38(54-40)55-41-33-13-14-59(24-36(33)51-25-52-41)31-6-3-27(21-50)35(20-31)45(47,48)49)42(62)53-29-4-1-26(2-5-29)22-57-15-17-58(18-16-57)30-7-8-32-28(19-30)23-60(44(32)64)37-10-12-39(61)56-43(37)63/h3,6-9,11,19-20,25-26,29,37H,1-2,4-5,10,12-18,22-24H2,(H,53,62)(H,56,61,63)(H,51,52,54,55). The van der Waals surface area contributed by atoms with E-state index < -0.39 is 41.1 Å². The summed E-state index contributed by atoms with van der Waals surface area (Å²) in [6.45, 7) is 5.28. The molecule has 1 saturated carbocycles. The molecule has 19 heteroatoms. The number of halogens is 4. The number of pyridine rings is 1. The van der Waals surface area contributed by atoms with Crippen molar-refractivity contribution in [2.75, 3.05) is 54.4 Å². The molecule has 1 unspecified atom stereocenters. The van der Waals surface area contributed by atoms with Crippen molar-refractivity contribution in [2.45, 2.75) is 76.3 Å². The first-order valence-electron chi connectivity index (χ1n) is 21.5. The van der Waals surface area contributed by atoms with Crippen LogP contribution < -0.4 is 25.8 Å². The number of rotatable bonds is 9. The number of nitrogens with zero attached hydrogens (tertiary/aromatic N) is 8. The summed E-state index contributed by atoms with van der Waals surface area (Å²) in [7, 11) is 0. The molecule has 332 valence electrons. The first-order valence-corrected chi connectivity index (χ1v) is 21.5. The van der Waals surface area contributed by atoms with E-state index in [0.717, 1.165) is 81.8 Å². The van der Waals surface area contributed by atoms with Crippen LogP contribution in [0.2, 0.25) is 0 Å². The van der Waals surface area contributed by atoms with E-state index in [1.165, 1.54) is 24.5 Å². The van der Waals surface area contributed by atoms with Gasteiger partial charge in [-0.2, -0.15) is 22.8 Å². The predicted molar refractivity (Wildman–Crippen MR) is 225 cm³/mol. The fourth-order valence-corrected chi connectivity index (χ4v) is 9.60. The number of piperidine rings is 1. The molecule has 5 aliphatic rings. The van der Waals surface area contributed by atoms with Gasteiger partial charge in [-0.05, 0) is 98.5 Å². The highest BCUT2D eigenvalue weighted by Crippen LogP contribution is 2.37. The van der Waals surface area contributed by atoms with Crippen LogP contribution in [-0.2, 0) is 35.3 Å². The van der Waals surface area contributed by atoms with Gasteiger partial charge in [-0.15, -0.1) is 0 Å². The molecule has 6 heterocycles. The highest BCUT2D eigenvalue weighted by Gasteiger charge is 2.40. The molecule has 64 heavy (non-hydrogen) atoms. The number of benzene rings is 2. The van der Waals surface area contributed by atoms with Gasteiger partial charge >= 0.3 is 6.18 Å². The van der Waals surface area contributed by atoms with Crippen LogP contribution >= 0.6 is 0 Å². The van der Waals surface area contributed by atoms with Crippen LogP contribution in [0.25, 0.3) is 0 Å². The van der Waals surface area contributed by atoms with Crippen LogP contribution in [-0.4, -0.2) is 99.7 Å². The van der Waals surface area contributed by atoms with E-state index >= 15 is 4.39 Å². The minimum Gasteiger partial charge on any atom is -0.369 e. The van der Waals surface area contributed by atoms with Crippen molar-refractivity contribution in [1.29, 1.82) is 5.26 Å². The molecule has 3 N–H and O–H groups in total. The summed E-state index contributed by atoms with van der Waals surface area (Å²) in [6, 6.07) is 13.2. The molecule has 3 fully saturated rings. The Morgan fingerprint density at radius 1 is 0.875 bits per heavy atom. The lowest BCUT2D eigenvalue weighted by Gasteiger charge is -2.39. The van der Waals surface area contributed by atoms with E-state index in [1.54, 1.807) is 15.9 Å². The molecule has 0 radical (unpaired) electrons. The minimum absolute atomic E-state index is 0.0909. The first-order chi connectivity index (χ1) is 30.8. The number of imide groups is 1. The van der Waals surface area contributed by atoms with Crippen molar-refractivity contribution in [3.63, 3.8) is 0 Å². The molecule has 4 aromatic rings. The molecular formula is C45H45F4N11O4. The van der Waals surface area contributed by atoms with Gasteiger partial charge in [0.1, 0.15) is 24.0 Å². The van der Waals surface area contributed by atoms with E-state index in [-0.39, 0.29) is 42.2 Å². The highest BCUT2D eigenvalue weighted by atomic mass is 19.4. The number of anilines is 4. The zero-order chi connectivity index (χ0) is 44.7. The van der Waals surface area contributed by atoms with E-state index in [4.69, 9.17) is 5.26 Å². The molecule has 15 nitrogen and oxygen atoms in total. The number of hydrogen-bond acceptors (Lipinski definition) is 12. The lowest BCUT2D eigenvalue weighted by Crippen LogP contribution is -2.52. The number of aromatic nitrogens is 3. The Bertz CT molecular complexity index is 2550. The third-order valence-corrected chi connectivity index (χ3v) is 13.1. The first kappa shape index (κ1) is 42.6. The second-order valence-electron chi connectivity index (χ2n) is 17.0. The minimum atomic E-state index is -4.68. The molecule has 2 aromatic carbocycles. The summed E-state index contributed by atoms with van der Waals surface area (Å²) in [5, 5.41) is 17.5. The average Bonchev–Trinajstić information content (AvgIpc) is 3.61. The van der Waals surface area contributed by atoms with Gasteiger partial charge in [-0.3, -0.25) is 29.4 Å². The quantitative estimate of drug-likeness (QED) is 0.116. The number of nitrogens with one attached hydrogen (secondary N) is 3. The molecule has 0 spiro atoms. The molecule has 1 atom stereocenters. The summed E-state index contributed by atoms with van der Waals surface area (Å²) >= 11 is 0. The summed E-state index contributed by atoms with van der Waals surface area (Å²) in [5.41, 5.74) is 2.50. The van der Waals surface area contributed by atoms with E-state index in [0.29, 0.717) is 60.2 Å². The lowest BCUT2D eigenvalue weighted by molar-refractivity contribution is -0.138. The van der Waals surface area contributed by atoms with Crippen molar-refractivity contribution < 1.29 is 36.7 Å². The predicted octanol–water partition coefficient (Wildman–Crippen LogP) is 5.08. The summed E-state index contributed by atoms with van der Waals surface area (Å²) in [6.07, 6.45) is 0.966. The van der Waals surface area contributed by atoms with Gasteiger partial charge < -0.3 is 25.3 Å². The second kappa shape index (κ2) is 17.5. The van der Waals surface area contributed by atoms with Crippen molar-refractivity contribution in [2.24, 2.45) is 5.92 Å². The number of carbonyl (C=O) groups excluding carboxylic acids is 4. The summed E-state index contributed by atoms with van der Waals surface area (Å²) in [4.78, 5) is 71.2. The second-order valence-corrected chi connectivity index (χ2v) is 17.0. The molecule has 9 rings (SSSR count). The van der Waals surface area contributed by atoms with E-state index in [1.807, 2.05) is 18.2 Å². The number of nitriles is 1. The van der Waals surface area contributed by atoms with Crippen LogP contribution in [0.5, 0.6) is 0 Å². The number of hydrogen-bond donors (Lipinski definition) is 3. The Balaban J connectivity index is 0.729. The number of piperazine rings is 1. The van der Waals surface area contributed by atoms with Crippen LogP contribution in [0.15, 0.2) is 54.9 Å². The van der Waals surface area contributed by atoms with Crippen LogP contribution in [0.1, 0.15) is 87.2 Å². The largest absolute Gasteiger partial charge is 0.417 e. The molecular weight excluding hydrogens is 835 g/mol. The van der Waals surface area contributed by atoms with Gasteiger partial charge in [0.2, 0.25) is 17.8 Å². The number of alkyl halides is 3. The number of carbonyl (C=O) groups is 4. The zero-order valence-electron chi connectivity index (χ0n) is 34.8. The number of fused-ring (bicyclic) bond motifs is 2. The van der Waals surface area contributed by atoms with Crippen molar-refractivity contribution in [3.05, 3.63) is 99.9 Å². The maximum atomic E-state index is 15.3. The highest BCUT2D eigenvalue weighted by molar-refractivity contribution is 6.05. The third-order valence-electron chi connectivity index (χ3n) is 13.1. The molecule has 0 bridgehead atoms. The van der Waals surface area contributed by atoms with Gasteiger partial charge in [-0.1, -0.05) is 0 Å². The molecule has 4 amide bonds. The van der Waals surface area contributed by atoms with Crippen molar-refractivity contribution >= 4 is 46.6 Å². The van der Waals surface area contributed by atoms with Gasteiger partial charge in [0.05, 0.1) is 35.0 Å². The fraction of sp³-hybridized carbons (Fsp3) is 0.422. The third kappa shape index (κ3) is 8.78. The zero-order valence-corrected chi connectivity index (χ0v) is 34.8. The Kier molecular flexibility index (Phi) is 11.6. The maximum absolute atomic E-state index is 15.3. The SMILES string of the molecule is N#Cc1ccc(N2CCc3c(ncnc3Nc3ccc(C(=O)NC4CCC(CN5CCN(c6ccc7c(c6)CN(C6CCC(=O)NC6=O)C7=O)CC5)CC4)c(F)n3)C2)cc1C(F)(F)F. The topological polar surface area (TPSA) is 180 Å². The molecule has 2 saturated heterocycles. The summed E-state index contributed by atoms with van der Waals surface area (Å²) < 4.78 is 56.2. The smallest absolute Gasteiger partial charge is 0.369 e. The Labute approximate surface area is 365 Å². The molecule has 2 aromatic heterocycles. The van der Waals surface area contributed by atoms with Gasteiger partial charge in [0.25, 0.3) is 11.8 Å². The Hall–Kier alpha value is -6.68. The van der Waals surface area contributed by atoms with Gasteiger partial charge in [0, 0.05) is 80.8 Å². The van der Waals surface area contributed by atoms with E-state index in [2.05, 4.69) is 40.7 Å². The van der Waals surface area contributed by atoms with Gasteiger partial charge in [0.15, 0.2) is 0 Å². The van der Waals surface area contributed by atoms with E-state index in [9.17, 15) is 32.3 Å². The number of amides is 4.